The van der Waals surface area contributed by atoms with Gasteiger partial charge < -0.3 is 5.11 Å². The number of hydrogen-bond acceptors (Lipinski definition) is 3. The van der Waals surface area contributed by atoms with E-state index in [1.807, 2.05) is 31.2 Å². The second kappa shape index (κ2) is 6.17. The van der Waals surface area contributed by atoms with E-state index in [1.165, 1.54) is 11.3 Å². The molecule has 0 saturated heterocycles. The molecule has 0 bridgehead atoms. The first kappa shape index (κ1) is 14.0. The Balaban J connectivity index is 2.29. The SMILES string of the molecule is CCCc1nc(Cc2ccccc2Cl)sc1C(=O)O. The van der Waals surface area contributed by atoms with Crippen molar-refractivity contribution in [1.82, 2.24) is 4.98 Å². The molecule has 0 amide bonds. The van der Waals surface area contributed by atoms with Crippen LogP contribution in [0.25, 0.3) is 0 Å². The van der Waals surface area contributed by atoms with Crippen LogP contribution in [0.3, 0.4) is 0 Å². The monoisotopic (exact) mass is 295 g/mol. The quantitative estimate of drug-likeness (QED) is 0.906. The Kier molecular flexibility index (Phi) is 4.56. The fraction of sp³-hybridized carbons (Fsp3) is 0.286. The Labute approximate surface area is 120 Å². The minimum absolute atomic E-state index is 0.351. The van der Waals surface area contributed by atoms with Gasteiger partial charge in [0.15, 0.2) is 0 Å². The van der Waals surface area contributed by atoms with E-state index in [9.17, 15) is 9.90 Å². The van der Waals surface area contributed by atoms with Crippen LogP contribution < -0.4 is 0 Å². The van der Waals surface area contributed by atoms with Crippen LogP contribution in [0.2, 0.25) is 5.02 Å². The molecule has 1 aromatic heterocycles. The third-order valence-corrected chi connectivity index (χ3v) is 4.18. The number of rotatable bonds is 5. The number of carboxylic acids is 1. The van der Waals surface area contributed by atoms with Crippen molar-refractivity contribution >= 4 is 28.9 Å². The maximum atomic E-state index is 11.2. The molecule has 1 heterocycles. The van der Waals surface area contributed by atoms with Crippen LogP contribution in [0.4, 0.5) is 0 Å². The second-order valence-electron chi connectivity index (χ2n) is 4.21. The Bertz CT molecular complexity index is 595. The van der Waals surface area contributed by atoms with Gasteiger partial charge in [0.05, 0.1) is 10.7 Å². The van der Waals surface area contributed by atoms with Crippen LogP contribution in [0.1, 0.15) is 39.3 Å². The molecule has 19 heavy (non-hydrogen) atoms. The maximum absolute atomic E-state index is 11.2. The van der Waals surface area contributed by atoms with Gasteiger partial charge in [0.25, 0.3) is 0 Å². The molecule has 0 radical (unpaired) electrons. The highest BCUT2D eigenvalue weighted by Crippen LogP contribution is 2.25. The third kappa shape index (κ3) is 3.33. The number of hydrogen-bond donors (Lipinski definition) is 1. The molecule has 2 aromatic rings. The van der Waals surface area contributed by atoms with Gasteiger partial charge in [-0.3, -0.25) is 0 Å². The number of aromatic nitrogens is 1. The number of carboxylic acid groups (broad SMARTS) is 1. The number of carbonyl (C=O) groups is 1. The van der Waals surface area contributed by atoms with E-state index in [0.717, 1.165) is 17.0 Å². The van der Waals surface area contributed by atoms with Crippen molar-refractivity contribution in [3.8, 4) is 0 Å². The summed E-state index contributed by atoms with van der Waals surface area (Å²) in [6.45, 7) is 2.01. The number of aryl methyl sites for hydroxylation is 1. The van der Waals surface area contributed by atoms with Crippen LogP contribution in [0.5, 0.6) is 0 Å². The highest BCUT2D eigenvalue weighted by molar-refractivity contribution is 7.13. The average Bonchev–Trinajstić information content (AvgIpc) is 2.76. The zero-order chi connectivity index (χ0) is 13.8. The molecule has 0 spiro atoms. The predicted octanol–water partition coefficient (Wildman–Crippen LogP) is 4.04. The number of aromatic carboxylic acids is 1. The lowest BCUT2D eigenvalue weighted by molar-refractivity contribution is 0.0700. The van der Waals surface area contributed by atoms with Crippen LogP contribution in [0, 0.1) is 0 Å². The average molecular weight is 296 g/mol. The molecule has 100 valence electrons. The molecule has 1 N–H and O–H groups in total. The van der Waals surface area contributed by atoms with E-state index in [4.69, 9.17) is 11.6 Å². The first-order valence-corrected chi connectivity index (χ1v) is 7.26. The third-order valence-electron chi connectivity index (χ3n) is 2.72. The molecule has 0 fully saturated rings. The van der Waals surface area contributed by atoms with Crippen molar-refractivity contribution in [3.63, 3.8) is 0 Å². The lowest BCUT2D eigenvalue weighted by Gasteiger charge is -2.00. The van der Waals surface area contributed by atoms with Crippen LogP contribution in [0.15, 0.2) is 24.3 Å². The van der Waals surface area contributed by atoms with E-state index in [2.05, 4.69) is 4.98 Å². The van der Waals surface area contributed by atoms with Crippen LogP contribution in [-0.4, -0.2) is 16.1 Å². The molecule has 0 aliphatic heterocycles. The summed E-state index contributed by atoms with van der Waals surface area (Å²) in [4.78, 5) is 16.0. The van der Waals surface area contributed by atoms with Crippen molar-refractivity contribution in [2.45, 2.75) is 26.2 Å². The van der Waals surface area contributed by atoms with Crippen LogP contribution in [-0.2, 0) is 12.8 Å². The van der Waals surface area contributed by atoms with E-state index < -0.39 is 5.97 Å². The smallest absolute Gasteiger partial charge is 0.347 e. The van der Waals surface area contributed by atoms with Gasteiger partial charge in [-0.05, 0) is 18.1 Å². The molecular formula is C14H14ClNO2S. The zero-order valence-electron chi connectivity index (χ0n) is 10.5. The number of nitrogens with zero attached hydrogens (tertiary/aromatic N) is 1. The van der Waals surface area contributed by atoms with Gasteiger partial charge in [0, 0.05) is 11.4 Å². The number of halogens is 1. The van der Waals surface area contributed by atoms with Gasteiger partial charge in [-0.1, -0.05) is 43.1 Å². The van der Waals surface area contributed by atoms with Crippen molar-refractivity contribution < 1.29 is 9.90 Å². The lowest BCUT2D eigenvalue weighted by Crippen LogP contribution is -1.98. The van der Waals surface area contributed by atoms with Crippen molar-refractivity contribution in [2.24, 2.45) is 0 Å². The van der Waals surface area contributed by atoms with Crippen molar-refractivity contribution in [2.75, 3.05) is 0 Å². The molecule has 3 nitrogen and oxygen atoms in total. The first-order chi connectivity index (χ1) is 9.11. The molecule has 2 rings (SSSR count). The van der Waals surface area contributed by atoms with Crippen molar-refractivity contribution in [3.05, 3.63) is 50.4 Å². The summed E-state index contributed by atoms with van der Waals surface area (Å²) < 4.78 is 0. The first-order valence-electron chi connectivity index (χ1n) is 6.07. The van der Waals surface area contributed by atoms with Gasteiger partial charge in [-0.15, -0.1) is 11.3 Å². The summed E-state index contributed by atoms with van der Waals surface area (Å²) in [6, 6.07) is 7.55. The van der Waals surface area contributed by atoms with Crippen LogP contribution >= 0.6 is 22.9 Å². The maximum Gasteiger partial charge on any atom is 0.347 e. The number of thiazole rings is 1. The fourth-order valence-corrected chi connectivity index (χ4v) is 3.03. The second-order valence-corrected chi connectivity index (χ2v) is 5.70. The van der Waals surface area contributed by atoms with E-state index >= 15 is 0 Å². The molecule has 5 heteroatoms. The molecule has 0 aliphatic carbocycles. The van der Waals surface area contributed by atoms with Gasteiger partial charge in [0.2, 0.25) is 0 Å². The largest absolute Gasteiger partial charge is 0.477 e. The van der Waals surface area contributed by atoms with Gasteiger partial charge in [0.1, 0.15) is 4.88 Å². The normalized spacial score (nSPS) is 10.6. The molecule has 0 saturated carbocycles. The number of benzene rings is 1. The predicted molar refractivity (Wildman–Crippen MR) is 77.3 cm³/mol. The Morgan fingerprint density at radius 3 is 2.79 bits per heavy atom. The van der Waals surface area contributed by atoms with E-state index in [1.54, 1.807) is 0 Å². The van der Waals surface area contributed by atoms with Gasteiger partial charge in [-0.25, -0.2) is 9.78 Å². The summed E-state index contributed by atoms with van der Waals surface area (Å²) in [7, 11) is 0. The summed E-state index contributed by atoms with van der Waals surface area (Å²) in [5, 5.41) is 10.7. The summed E-state index contributed by atoms with van der Waals surface area (Å²) in [5.41, 5.74) is 1.65. The molecule has 1 aromatic carbocycles. The lowest BCUT2D eigenvalue weighted by atomic mass is 10.1. The van der Waals surface area contributed by atoms with E-state index in [0.29, 0.717) is 28.4 Å². The minimum atomic E-state index is -0.897. The molecule has 0 unspecified atom stereocenters. The zero-order valence-corrected chi connectivity index (χ0v) is 12.1. The van der Waals surface area contributed by atoms with Gasteiger partial charge >= 0.3 is 5.97 Å². The highest BCUT2D eigenvalue weighted by atomic mass is 35.5. The standard InChI is InChI=1S/C14H14ClNO2S/c1-2-5-11-13(14(17)18)19-12(16-11)8-9-6-3-4-7-10(9)15/h3-4,6-7H,2,5,8H2,1H3,(H,17,18). The summed E-state index contributed by atoms with van der Waals surface area (Å²) in [6.07, 6.45) is 2.16. The molecular weight excluding hydrogens is 282 g/mol. The Hall–Kier alpha value is -1.39. The Morgan fingerprint density at radius 2 is 2.16 bits per heavy atom. The van der Waals surface area contributed by atoms with E-state index in [-0.39, 0.29) is 0 Å². The molecule has 0 atom stereocenters. The van der Waals surface area contributed by atoms with Gasteiger partial charge in [-0.2, -0.15) is 0 Å². The summed E-state index contributed by atoms with van der Waals surface area (Å²) in [5.74, 6) is -0.897. The topological polar surface area (TPSA) is 50.2 Å². The molecule has 0 aliphatic rings. The highest BCUT2D eigenvalue weighted by Gasteiger charge is 2.17. The van der Waals surface area contributed by atoms with Crippen molar-refractivity contribution in [1.29, 1.82) is 0 Å². The minimum Gasteiger partial charge on any atom is -0.477 e. The Morgan fingerprint density at radius 1 is 1.42 bits per heavy atom. The summed E-state index contributed by atoms with van der Waals surface area (Å²) >= 11 is 7.35. The fourth-order valence-electron chi connectivity index (χ4n) is 1.85.